The van der Waals surface area contributed by atoms with Crippen molar-refractivity contribution in [2.45, 2.75) is 25.9 Å². The lowest BCUT2D eigenvalue weighted by atomic mass is 10.1. The number of carbonyl (C=O) groups is 2. The van der Waals surface area contributed by atoms with Crippen LogP contribution in [-0.4, -0.2) is 24.6 Å². The average Bonchev–Trinajstić information content (AvgIpc) is 2.08. The van der Waals surface area contributed by atoms with Gasteiger partial charge in [-0.2, -0.15) is 0 Å². The molecule has 1 aliphatic heterocycles. The summed E-state index contributed by atoms with van der Waals surface area (Å²) in [7, 11) is 0. The van der Waals surface area contributed by atoms with Gasteiger partial charge < -0.3 is 9.47 Å². The lowest BCUT2D eigenvalue weighted by Gasteiger charge is -2.20. The fourth-order valence-electron chi connectivity index (χ4n) is 0.989. The number of hydrogen-bond donors (Lipinski definition) is 0. The number of rotatable bonds is 2. The van der Waals surface area contributed by atoms with Crippen LogP contribution < -0.4 is 0 Å². The Morgan fingerprint density at radius 3 is 2.92 bits per heavy atom. The van der Waals surface area contributed by atoms with Crippen LogP contribution in [0, 0.1) is 0 Å². The number of hydrogen-bond acceptors (Lipinski definition) is 4. The van der Waals surface area contributed by atoms with Crippen molar-refractivity contribution in [2.24, 2.45) is 0 Å². The number of ether oxygens (including phenoxy) is 2. The summed E-state index contributed by atoms with van der Waals surface area (Å²) in [5, 5.41) is 0. The zero-order valence-corrected chi connectivity index (χ0v) is 7.54. The van der Waals surface area contributed by atoms with Crippen LogP contribution in [0.3, 0.4) is 0 Å². The minimum absolute atomic E-state index is 0.290. The summed E-state index contributed by atoms with van der Waals surface area (Å²) in [4.78, 5) is 22.1. The van der Waals surface area contributed by atoms with Crippen LogP contribution in [0.25, 0.3) is 0 Å². The third-order valence-corrected chi connectivity index (χ3v) is 1.72. The fraction of sp³-hybridized carbons (Fsp3) is 0.556. The molecule has 1 saturated heterocycles. The van der Waals surface area contributed by atoms with Crippen LogP contribution in [0.5, 0.6) is 0 Å². The first-order valence-electron chi connectivity index (χ1n) is 4.14. The maximum atomic E-state index is 11.0. The zero-order chi connectivity index (χ0) is 9.84. The predicted octanol–water partition coefficient (Wildman–Crippen LogP) is 0.811. The molecule has 1 rings (SSSR count). The molecule has 1 unspecified atom stereocenters. The van der Waals surface area contributed by atoms with Gasteiger partial charge >= 0.3 is 11.9 Å². The molecular weight excluding hydrogens is 172 g/mol. The molecular formula is C9H12O4. The van der Waals surface area contributed by atoms with Crippen LogP contribution in [0.2, 0.25) is 0 Å². The molecule has 0 amide bonds. The van der Waals surface area contributed by atoms with Crippen LogP contribution >= 0.6 is 0 Å². The average molecular weight is 184 g/mol. The standard InChI is InChI=1S/C9H12O4/c1-6(2)8(10)13-7-4-3-5-12-9(7)11/h7H,1,3-5H2,2H3. The van der Waals surface area contributed by atoms with Crippen molar-refractivity contribution in [3.63, 3.8) is 0 Å². The Bertz CT molecular complexity index is 244. The van der Waals surface area contributed by atoms with Crippen molar-refractivity contribution >= 4 is 11.9 Å². The highest BCUT2D eigenvalue weighted by molar-refractivity contribution is 5.89. The van der Waals surface area contributed by atoms with E-state index in [0.717, 1.165) is 6.42 Å². The Morgan fingerprint density at radius 1 is 1.69 bits per heavy atom. The Labute approximate surface area is 76.5 Å². The summed E-state index contributed by atoms with van der Waals surface area (Å²) >= 11 is 0. The molecule has 0 spiro atoms. The first-order chi connectivity index (χ1) is 6.11. The van der Waals surface area contributed by atoms with Crippen LogP contribution in [0.15, 0.2) is 12.2 Å². The highest BCUT2D eigenvalue weighted by Crippen LogP contribution is 2.12. The molecule has 0 radical (unpaired) electrons. The first kappa shape index (κ1) is 9.77. The molecule has 0 bridgehead atoms. The number of cyclic esters (lactones) is 1. The molecule has 1 aliphatic rings. The Kier molecular flexibility index (Phi) is 3.06. The van der Waals surface area contributed by atoms with Crippen LogP contribution in [0.4, 0.5) is 0 Å². The van der Waals surface area contributed by atoms with Gasteiger partial charge in [-0.15, -0.1) is 0 Å². The molecule has 1 atom stereocenters. The van der Waals surface area contributed by atoms with Gasteiger partial charge in [-0.3, -0.25) is 0 Å². The second-order valence-electron chi connectivity index (χ2n) is 2.98. The summed E-state index contributed by atoms with van der Waals surface area (Å²) in [6.07, 6.45) is 0.538. The van der Waals surface area contributed by atoms with E-state index in [0.29, 0.717) is 18.6 Å². The van der Waals surface area contributed by atoms with Crippen molar-refractivity contribution in [3.05, 3.63) is 12.2 Å². The van der Waals surface area contributed by atoms with Gasteiger partial charge in [0.2, 0.25) is 0 Å². The molecule has 0 saturated carbocycles. The SMILES string of the molecule is C=C(C)C(=O)OC1CCCOC1=O. The van der Waals surface area contributed by atoms with Gasteiger partial charge in [0, 0.05) is 5.57 Å². The molecule has 0 N–H and O–H groups in total. The topological polar surface area (TPSA) is 52.6 Å². The van der Waals surface area contributed by atoms with Crippen LogP contribution in [-0.2, 0) is 19.1 Å². The van der Waals surface area contributed by atoms with Gasteiger partial charge in [0.05, 0.1) is 6.61 Å². The summed E-state index contributed by atoms with van der Waals surface area (Å²) in [5.74, 6) is -0.996. The minimum Gasteiger partial charge on any atom is -0.463 e. The fourth-order valence-corrected chi connectivity index (χ4v) is 0.989. The third kappa shape index (κ3) is 2.57. The van der Waals surface area contributed by atoms with E-state index < -0.39 is 18.0 Å². The van der Waals surface area contributed by atoms with Gasteiger partial charge in [0.1, 0.15) is 0 Å². The van der Waals surface area contributed by atoms with E-state index in [2.05, 4.69) is 6.58 Å². The van der Waals surface area contributed by atoms with E-state index in [1.54, 1.807) is 0 Å². The van der Waals surface area contributed by atoms with E-state index in [1.807, 2.05) is 0 Å². The monoisotopic (exact) mass is 184 g/mol. The highest BCUT2D eigenvalue weighted by Gasteiger charge is 2.27. The molecule has 4 heteroatoms. The molecule has 0 aromatic carbocycles. The summed E-state index contributed by atoms with van der Waals surface area (Å²) in [5.41, 5.74) is 0.290. The van der Waals surface area contributed by atoms with Crippen molar-refractivity contribution in [1.29, 1.82) is 0 Å². The van der Waals surface area contributed by atoms with Crippen molar-refractivity contribution in [3.8, 4) is 0 Å². The molecule has 72 valence electrons. The van der Waals surface area contributed by atoms with Gasteiger partial charge in [0.25, 0.3) is 0 Å². The van der Waals surface area contributed by atoms with E-state index >= 15 is 0 Å². The quantitative estimate of drug-likeness (QED) is 0.470. The number of carbonyl (C=O) groups excluding carboxylic acids is 2. The zero-order valence-electron chi connectivity index (χ0n) is 7.54. The van der Waals surface area contributed by atoms with Gasteiger partial charge in [-0.05, 0) is 19.8 Å². The lowest BCUT2D eigenvalue weighted by Crippen LogP contribution is -2.33. The highest BCUT2D eigenvalue weighted by atomic mass is 16.6. The molecule has 0 aromatic heterocycles. The molecule has 13 heavy (non-hydrogen) atoms. The van der Waals surface area contributed by atoms with E-state index in [4.69, 9.17) is 9.47 Å². The normalized spacial score (nSPS) is 21.9. The van der Waals surface area contributed by atoms with Gasteiger partial charge in [-0.1, -0.05) is 6.58 Å². The second kappa shape index (κ2) is 4.07. The van der Waals surface area contributed by atoms with E-state index in [1.165, 1.54) is 6.92 Å². The Morgan fingerprint density at radius 2 is 2.38 bits per heavy atom. The van der Waals surface area contributed by atoms with Crippen LogP contribution in [0.1, 0.15) is 19.8 Å². The molecule has 0 aliphatic carbocycles. The maximum absolute atomic E-state index is 11.0. The Balaban J connectivity index is 2.47. The molecule has 1 fully saturated rings. The third-order valence-electron chi connectivity index (χ3n) is 1.72. The summed E-state index contributed by atoms with van der Waals surface area (Å²) in [6.45, 7) is 5.37. The van der Waals surface area contributed by atoms with Crippen molar-refractivity contribution < 1.29 is 19.1 Å². The largest absolute Gasteiger partial charge is 0.463 e. The smallest absolute Gasteiger partial charge is 0.347 e. The second-order valence-corrected chi connectivity index (χ2v) is 2.98. The van der Waals surface area contributed by atoms with Crippen molar-refractivity contribution in [2.75, 3.05) is 6.61 Å². The number of esters is 2. The molecule has 0 aromatic rings. The van der Waals surface area contributed by atoms with Crippen molar-refractivity contribution in [1.82, 2.24) is 0 Å². The maximum Gasteiger partial charge on any atom is 0.347 e. The first-order valence-corrected chi connectivity index (χ1v) is 4.14. The Hall–Kier alpha value is -1.32. The molecule has 4 nitrogen and oxygen atoms in total. The lowest BCUT2D eigenvalue weighted by molar-refractivity contribution is -0.170. The summed E-state index contributed by atoms with van der Waals surface area (Å²) in [6, 6.07) is 0. The van der Waals surface area contributed by atoms with Gasteiger partial charge in [-0.25, -0.2) is 9.59 Å². The van der Waals surface area contributed by atoms with E-state index in [9.17, 15) is 9.59 Å². The van der Waals surface area contributed by atoms with E-state index in [-0.39, 0.29) is 0 Å². The summed E-state index contributed by atoms with van der Waals surface area (Å²) < 4.78 is 9.58. The predicted molar refractivity (Wildman–Crippen MR) is 44.9 cm³/mol. The minimum atomic E-state index is -0.738. The molecule has 1 heterocycles. The van der Waals surface area contributed by atoms with Gasteiger partial charge in [0.15, 0.2) is 6.10 Å².